The highest BCUT2D eigenvalue weighted by atomic mass is 19.4. The molecule has 0 aromatic heterocycles. The van der Waals surface area contributed by atoms with Gasteiger partial charge in [-0.3, -0.25) is 9.59 Å². The lowest BCUT2D eigenvalue weighted by Crippen LogP contribution is -2.48. The van der Waals surface area contributed by atoms with E-state index in [0.29, 0.717) is 24.0 Å². The minimum atomic E-state index is -4.65. The van der Waals surface area contributed by atoms with Crippen LogP contribution in [0.5, 0.6) is 11.5 Å². The number of hydrogen-bond donors (Lipinski definition) is 3. The molecule has 1 unspecified atom stereocenters. The first-order valence-electron chi connectivity index (χ1n) is 11.4. The second kappa shape index (κ2) is 10.0. The van der Waals surface area contributed by atoms with Crippen LogP contribution in [0.15, 0.2) is 72.8 Å². The van der Waals surface area contributed by atoms with Crippen LogP contribution in [0, 0.1) is 0 Å². The highest BCUT2D eigenvalue weighted by molar-refractivity contribution is 6.00. The van der Waals surface area contributed by atoms with Gasteiger partial charge in [0, 0.05) is 12.1 Å². The molecular formula is C27H25F3N2O4. The van der Waals surface area contributed by atoms with E-state index in [1.54, 1.807) is 42.5 Å². The number of ether oxygens (including phenoxy) is 1. The molecule has 1 saturated carbocycles. The first-order chi connectivity index (χ1) is 17.1. The van der Waals surface area contributed by atoms with Gasteiger partial charge >= 0.3 is 6.18 Å². The van der Waals surface area contributed by atoms with Crippen LogP contribution >= 0.6 is 0 Å². The summed E-state index contributed by atoms with van der Waals surface area (Å²) in [6.07, 6.45) is -4.62. The van der Waals surface area contributed by atoms with Crippen LogP contribution in [0.1, 0.15) is 52.9 Å². The van der Waals surface area contributed by atoms with E-state index in [0.717, 1.165) is 6.07 Å². The van der Waals surface area contributed by atoms with Crippen molar-refractivity contribution in [2.45, 2.75) is 44.1 Å². The van der Waals surface area contributed by atoms with Gasteiger partial charge in [-0.1, -0.05) is 36.4 Å². The van der Waals surface area contributed by atoms with Crippen LogP contribution in [-0.4, -0.2) is 22.5 Å². The van der Waals surface area contributed by atoms with E-state index < -0.39 is 23.4 Å². The molecule has 36 heavy (non-hydrogen) atoms. The Labute approximate surface area is 206 Å². The van der Waals surface area contributed by atoms with E-state index in [1.807, 2.05) is 0 Å². The average Bonchev–Trinajstić information content (AvgIpc) is 3.64. The molecule has 3 aromatic rings. The average molecular weight is 499 g/mol. The van der Waals surface area contributed by atoms with E-state index in [-0.39, 0.29) is 35.4 Å². The van der Waals surface area contributed by atoms with Gasteiger partial charge < -0.3 is 20.5 Å². The number of benzene rings is 3. The van der Waals surface area contributed by atoms with Gasteiger partial charge in [0.05, 0.1) is 11.7 Å². The molecule has 0 aliphatic heterocycles. The lowest BCUT2D eigenvalue weighted by molar-refractivity contribution is -0.138. The molecule has 3 aromatic carbocycles. The number of aliphatic hydroxyl groups excluding tert-OH is 1. The zero-order valence-electron chi connectivity index (χ0n) is 19.4. The maximum Gasteiger partial charge on any atom is 0.419 e. The van der Waals surface area contributed by atoms with E-state index >= 15 is 0 Å². The quantitative estimate of drug-likeness (QED) is 0.402. The van der Waals surface area contributed by atoms with Gasteiger partial charge in [-0.05, 0) is 67.3 Å². The van der Waals surface area contributed by atoms with Crippen LogP contribution < -0.4 is 15.4 Å². The van der Waals surface area contributed by atoms with E-state index in [9.17, 15) is 27.9 Å². The fraction of sp³-hybridized carbons (Fsp3) is 0.259. The van der Waals surface area contributed by atoms with Crippen LogP contribution in [0.25, 0.3) is 0 Å². The Balaban J connectivity index is 1.36. The van der Waals surface area contributed by atoms with Crippen molar-refractivity contribution in [3.8, 4) is 11.5 Å². The summed E-state index contributed by atoms with van der Waals surface area (Å²) in [4.78, 5) is 25.1. The summed E-state index contributed by atoms with van der Waals surface area (Å²) < 4.78 is 45.9. The van der Waals surface area contributed by atoms with Crippen molar-refractivity contribution in [2.24, 2.45) is 0 Å². The van der Waals surface area contributed by atoms with Gasteiger partial charge in [-0.15, -0.1) is 0 Å². The lowest BCUT2D eigenvalue weighted by atomic mass is 10.1. The van der Waals surface area contributed by atoms with Crippen LogP contribution in [0.4, 0.5) is 13.2 Å². The van der Waals surface area contributed by atoms with Crippen molar-refractivity contribution < 1.29 is 32.6 Å². The monoisotopic (exact) mass is 498 g/mol. The Kier molecular flexibility index (Phi) is 7.03. The standard InChI is InChI=1S/C27H25F3N2O4/c1-17(33)20-9-12-23(22(15-20)27(28,29)30)36-21-10-7-18(8-11-21)16-31-25(35)26(13-14-26)32-24(34)19-5-3-2-4-6-19/h2-12,15,17,33H,13-14,16H2,1H3,(H,31,35)(H,32,34). The topological polar surface area (TPSA) is 87.7 Å². The van der Waals surface area contributed by atoms with E-state index in [1.165, 1.54) is 31.2 Å². The zero-order chi connectivity index (χ0) is 25.9. The number of amides is 2. The Morgan fingerprint density at radius 2 is 1.69 bits per heavy atom. The molecular weight excluding hydrogens is 473 g/mol. The van der Waals surface area contributed by atoms with Crippen LogP contribution in [-0.2, 0) is 17.5 Å². The molecule has 2 amide bonds. The zero-order valence-corrected chi connectivity index (χ0v) is 19.4. The lowest BCUT2D eigenvalue weighted by Gasteiger charge is -2.18. The summed E-state index contributed by atoms with van der Waals surface area (Å²) in [6, 6.07) is 18.4. The molecule has 4 rings (SSSR count). The second-order valence-electron chi connectivity index (χ2n) is 8.76. The summed E-state index contributed by atoms with van der Waals surface area (Å²) in [7, 11) is 0. The molecule has 0 radical (unpaired) electrons. The first kappa shape index (κ1) is 25.2. The normalized spacial score (nSPS) is 15.0. The summed E-state index contributed by atoms with van der Waals surface area (Å²) in [5.74, 6) is -0.795. The highest BCUT2D eigenvalue weighted by Crippen LogP contribution is 2.40. The predicted octanol–water partition coefficient (Wildman–Crippen LogP) is 5.13. The van der Waals surface area contributed by atoms with Gasteiger partial charge in [0.15, 0.2) is 0 Å². The van der Waals surface area contributed by atoms with Crippen molar-refractivity contribution in [3.63, 3.8) is 0 Å². The van der Waals surface area contributed by atoms with Crippen molar-refractivity contribution in [2.75, 3.05) is 0 Å². The Bertz CT molecular complexity index is 1240. The number of hydrogen-bond acceptors (Lipinski definition) is 4. The fourth-order valence-electron chi connectivity index (χ4n) is 3.68. The minimum absolute atomic E-state index is 0.133. The molecule has 9 heteroatoms. The third kappa shape index (κ3) is 5.85. The van der Waals surface area contributed by atoms with Crippen molar-refractivity contribution >= 4 is 11.8 Å². The molecule has 1 fully saturated rings. The Morgan fingerprint density at radius 1 is 1.03 bits per heavy atom. The predicted molar refractivity (Wildman–Crippen MR) is 126 cm³/mol. The Hall–Kier alpha value is -3.85. The van der Waals surface area contributed by atoms with Gasteiger partial charge in [0.2, 0.25) is 5.91 Å². The number of rotatable bonds is 8. The summed E-state index contributed by atoms with van der Waals surface area (Å²) in [5, 5.41) is 15.2. The van der Waals surface area contributed by atoms with Gasteiger partial charge in [0.1, 0.15) is 17.0 Å². The number of halogens is 3. The van der Waals surface area contributed by atoms with Crippen molar-refractivity contribution in [1.29, 1.82) is 0 Å². The first-order valence-corrected chi connectivity index (χ1v) is 11.4. The molecule has 0 saturated heterocycles. The smallest absolute Gasteiger partial charge is 0.419 e. The summed E-state index contributed by atoms with van der Waals surface area (Å²) in [6.45, 7) is 1.56. The number of carbonyl (C=O) groups excluding carboxylic acids is 2. The summed E-state index contributed by atoms with van der Waals surface area (Å²) >= 11 is 0. The molecule has 1 aliphatic carbocycles. The minimum Gasteiger partial charge on any atom is -0.457 e. The molecule has 0 bridgehead atoms. The molecule has 0 spiro atoms. The van der Waals surface area contributed by atoms with E-state index in [2.05, 4.69) is 10.6 Å². The molecule has 0 heterocycles. The van der Waals surface area contributed by atoms with Crippen molar-refractivity contribution in [3.05, 3.63) is 95.1 Å². The molecule has 3 N–H and O–H groups in total. The third-order valence-corrected chi connectivity index (χ3v) is 5.97. The summed E-state index contributed by atoms with van der Waals surface area (Å²) in [5.41, 5.74) is -0.594. The van der Waals surface area contributed by atoms with Crippen molar-refractivity contribution in [1.82, 2.24) is 10.6 Å². The van der Waals surface area contributed by atoms with Crippen LogP contribution in [0.3, 0.4) is 0 Å². The SMILES string of the molecule is CC(O)c1ccc(Oc2ccc(CNC(=O)C3(NC(=O)c4ccccc4)CC3)cc2)c(C(F)(F)F)c1. The highest BCUT2D eigenvalue weighted by Gasteiger charge is 2.51. The number of nitrogens with one attached hydrogen (secondary N) is 2. The maximum absolute atomic E-state index is 13.5. The van der Waals surface area contributed by atoms with Gasteiger partial charge in [-0.25, -0.2) is 0 Å². The Morgan fingerprint density at radius 3 is 2.28 bits per heavy atom. The largest absolute Gasteiger partial charge is 0.457 e. The number of aliphatic hydroxyl groups is 1. The third-order valence-electron chi connectivity index (χ3n) is 5.97. The molecule has 6 nitrogen and oxygen atoms in total. The molecule has 1 aliphatic rings. The fourth-order valence-corrected chi connectivity index (χ4v) is 3.68. The van der Waals surface area contributed by atoms with Gasteiger partial charge in [-0.2, -0.15) is 13.2 Å². The second-order valence-corrected chi connectivity index (χ2v) is 8.76. The van der Waals surface area contributed by atoms with Gasteiger partial charge in [0.25, 0.3) is 5.91 Å². The molecule has 1 atom stereocenters. The van der Waals surface area contributed by atoms with E-state index in [4.69, 9.17) is 4.74 Å². The van der Waals surface area contributed by atoms with Crippen LogP contribution in [0.2, 0.25) is 0 Å². The molecule has 188 valence electrons. The maximum atomic E-state index is 13.5. The number of alkyl halides is 3. The number of carbonyl (C=O) groups is 2.